The number of Topliss-reactive ketones (excluding diaryl/α,β-unsaturated/α-hetero) is 1. The Kier molecular flexibility index (Phi) is 7.17. The zero-order chi connectivity index (χ0) is 21.7. The molecule has 2 atom stereocenters. The predicted octanol–water partition coefficient (Wildman–Crippen LogP) is 1.15. The minimum absolute atomic E-state index is 0.113. The second-order valence-electron chi connectivity index (χ2n) is 7.00. The van der Waals surface area contributed by atoms with Crippen LogP contribution >= 0.6 is 0 Å². The number of aromatic nitrogens is 1. The number of methoxy groups -OCH3 is 2. The number of aryl methyl sites for hydroxylation is 1. The van der Waals surface area contributed by atoms with Gasteiger partial charge in [0.1, 0.15) is 5.75 Å². The Morgan fingerprint density at radius 1 is 1.14 bits per heavy atom. The maximum absolute atomic E-state index is 12.9. The molecule has 0 aliphatic heterocycles. The summed E-state index contributed by atoms with van der Waals surface area (Å²) in [6.07, 6.45) is 0. The quantitative estimate of drug-likeness (QED) is 0.454. The molecule has 0 radical (unpaired) electrons. The van der Waals surface area contributed by atoms with E-state index in [1.807, 2.05) is 0 Å². The van der Waals surface area contributed by atoms with E-state index < -0.39 is 12.0 Å². The number of carbonyl (C=O) groups excluding carboxylic acids is 3. The highest BCUT2D eigenvalue weighted by atomic mass is 16.5. The average Bonchev–Trinajstić information content (AvgIpc) is 3.00. The van der Waals surface area contributed by atoms with Gasteiger partial charge in [0.05, 0.1) is 32.5 Å². The third-order valence-electron chi connectivity index (χ3n) is 5.02. The fourth-order valence-corrected chi connectivity index (χ4v) is 3.13. The van der Waals surface area contributed by atoms with Crippen molar-refractivity contribution in [1.82, 2.24) is 4.98 Å². The molecule has 0 fully saturated rings. The number of benzene rings is 1. The standard InChI is InChI=1S/C21H27N3O5/c1-12-18(21(27)29-6)13(2)22-19(12)20(26)14(3)24(4)11-17(25)23-15-7-9-16(28-5)10-8-15/h7-10,14,22H,11H2,1-6H3,(H,23,25)/p+1/t14-/m1/s1. The van der Waals surface area contributed by atoms with Crippen molar-refractivity contribution in [1.29, 1.82) is 0 Å². The van der Waals surface area contributed by atoms with E-state index in [-0.39, 0.29) is 18.2 Å². The topological polar surface area (TPSA) is 102 Å². The van der Waals surface area contributed by atoms with Gasteiger partial charge in [0.2, 0.25) is 5.78 Å². The van der Waals surface area contributed by atoms with E-state index in [4.69, 9.17) is 9.47 Å². The molecule has 0 bridgehead atoms. The molecule has 0 spiro atoms. The first-order chi connectivity index (χ1) is 13.7. The molecule has 2 aromatic rings. The molecule has 0 aliphatic carbocycles. The lowest BCUT2D eigenvalue weighted by molar-refractivity contribution is -0.885. The van der Waals surface area contributed by atoms with Crippen LogP contribution in [-0.2, 0) is 9.53 Å². The molecule has 0 saturated carbocycles. The third-order valence-corrected chi connectivity index (χ3v) is 5.02. The summed E-state index contributed by atoms with van der Waals surface area (Å²) in [5, 5.41) is 2.81. The van der Waals surface area contributed by atoms with E-state index in [2.05, 4.69) is 10.3 Å². The number of hydrogen-bond donors (Lipinski definition) is 3. The van der Waals surface area contributed by atoms with Gasteiger partial charge in [-0.1, -0.05) is 0 Å². The monoisotopic (exact) mass is 402 g/mol. The third kappa shape index (κ3) is 5.03. The van der Waals surface area contributed by atoms with E-state index in [0.717, 1.165) is 4.90 Å². The normalized spacial score (nSPS) is 12.8. The van der Waals surface area contributed by atoms with Gasteiger partial charge in [0, 0.05) is 11.4 Å². The molecule has 8 nitrogen and oxygen atoms in total. The Labute approximate surface area is 170 Å². The summed E-state index contributed by atoms with van der Waals surface area (Å²) in [7, 11) is 4.66. The van der Waals surface area contributed by atoms with Crippen molar-refractivity contribution in [2.24, 2.45) is 0 Å². The molecule has 1 unspecified atom stereocenters. The highest BCUT2D eigenvalue weighted by Gasteiger charge is 2.30. The average molecular weight is 402 g/mol. The second-order valence-corrected chi connectivity index (χ2v) is 7.00. The van der Waals surface area contributed by atoms with Gasteiger partial charge in [-0.2, -0.15) is 0 Å². The zero-order valence-corrected chi connectivity index (χ0v) is 17.6. The van der Waals surface area contributed by atoms with Crippen LogP contribution in [0, 0.1) is 13.8 Å². The number of aromatic amines is 1. The minimum atomic E-state index is -0.487. The van der Waals surface area contributed by atoms with Crippen molar-refractivity contribution in [3.8, 4) is 5.75 Å². The fourth-order valence-electron chi connectivity index (χ4n) is 3.13. The van der Waals surface area contributed by atoms with Crippen LogP contribution in [0.25, 0.3) is 0 Å². The predicted molar refractivity (Wildman–Crippen MR) is 109 cm³/mol. The van der Waals surface area contributed by atoms with Crippen LogP contribution in [0.15, 0.2) is 24.3 Å². The maximum Gasteiger partial charge on any atom is 0.339 e. The molecule has 0 saturated heterocycles. The molecule has 1 aromatic carbocycles. The lowest BCUT2D eigenvalue weighted by atomic mass is 10.0. The molecular formula is C21H28N3O5+. The van der Waals surface area contributed by atoms with Gasteiger partial charge in [-0.3, -0.25) is 9.59 Å². The first-order valence-electron chi connectivity index (χ1n) is 9.27. The fraction of sp³-hybridized carbons (Fsp3) is 0.381. The molecule has 29 heavy (non-hydrogen) atoms. The van der Waals surface area contributed by atoms with Crippen LogP contribution in [0.3, 0.4) is 0 Å². The molecule has 0 aliphatic rings. The summed E-state index contributed by atoms with van der Waals surface area (Å²) < 4.78 is 9.88. The first kappa shape index (κ1) is 22.2. The van der Waals surface area contributed by atoms with Crippen molar-refractivity contribution in [3.05, 3.63) is 46.8 Å². The van der Waals surface area contributed by atoms with Gasteiger partial charge >= 0.3 is 5.97 Å². The zero-order valence-electron chi connectivity index (χ0n) is 17.6. The molecule has 1 aromatic heterocycles. The highest BCUT2D eigenvalue weighted by molar-refractivity contribution is 6.03. The van der Waals surface area contributed by atoms with Crippen LogP contribution in [0.5, 0.6) is 5.75 Å². The number of nitrogens with one attached hydrogen (secondary N) is 3. The maximum atomic E-state index is 12.9. The van der Waals surface area contributed by atoms with Crippen LogP contribution in [0.1, 0.15) is 39.0 Å². The van der Waals surface area contributed by atoms with Crippen molar-refractivity contribution >= 4 is 23.3 Å². The lowest BCUT2D eigenvalue weighted by Crippen LogP contribution is -3.14. The summed E-state index contributed by atoms with van der Waals surface area (Å²) in [5.41, 5.74) is 2.53. The number of carbonyl (C=O) groups is 3. The number of likely N-dealkylation sites (N-methyl/N-ethyl adjacent to an activating group) is 1. The van der Waals surface area contributed by atoms with Crippen LogP contribution in [-0.4, -0.2) is 56.5 Å². The summed E-state index contributed by atoms with van der Waals surface area (Å²) in [6, 6.07) is 6.53. The Bertz CT molecular complexity index is 902. The molecular weight excluding hydrogens is 374 g/mol. The largest absolute Gasteiger partial charge is 0.497 e. The van der Waals surface area contributed by atoms with Gasteiger partial charge in [-0.25, -0.2) is 4.79 Å². The van der Waals surface area contributed by atoms with Crippen LogP contribution < -0.4 is 15.0 Å². The molecule has 1 heterocycles. The number of ketones is 1. The number of ether oxygens (including phenoxy) is 2. The smallest absolute Gasteiger partial charge is 0.339 e. The van der Waals surface area contributed by atoms with E-state index in [1.165, 1.54) is 7.11 Å². The second kappa shape index (κ2) is 9.38. The number of anilines is 1. The SMILES string of the molecule is COC(=O)c1c(C)[nH]c(C(=O)[C@@H](C)[NH+](C)CC(=O)Nc2ccc(OC)cc2)c1C. The molecule has 3 N–H and O–H groups in total. The molecule has 1 amide bonds. The molecule has 156 valence electrons. The van der Waals surface area contributed by atoms with Crippen LogP contribution in [0.4, 0.5) is 5.69 Å². The Morgan fingerprint density at radius 2 is 1.76 bits per heavy atom. The van der Waals surface area contributed by atoms with Gasteiger partial charge in [0.25, 0.3) is 5.91 Å². The number of H-pyrrole nitrogens is 1. The summed E-state index contributed by atoms with van der Waals surface area (Å²) in [5.74, 6) is -0.159. The summed E-state index contributed by atoms with van der Waals surface area (Å²) in [4.78, 5) is 40.9. The van der Waals surface area contributed by atoms with Gasteiger partial charge in [-0.05, 0) is 50.6 Å². The molecule has 8 heteroatoms. The van der Waals surface area contributed by atoms with Gasteiger partial charge < -0.3 is 24.7 Å². The lowest BCUT2D eigenvalue weighted by Gasteiger charge is -2.20. The van der Waals surface area contributed by atoms with Crippen molar-refractivity contribution in [3.63, 3.8) is 0 Å². The summed E-state index contributed by atoms with van der Waals surface area (Å²) in [6.45, 7) is 5.30. The first-order valence-corrected chi connectivity index (χ1v) is 9.27. The van der Waals surface area contributed by atoms with Crippen molar-refractivity contribution in [2.75, 3.05) is 33.1 Å². The van der Waals surface area contributed by atoms with Crippen molar-refractivity contribution in [2.45, 2.75) is 26.8 Å². The number of amides is 1. The van der Waals surface area contributed by atoms with E-state index in [0.29, 0.717) is 34.0 Å². The van der Waals surface area contributed by atoms with Crippen molar-refractivity contribution < 1.29 is 28.8 Å². The van der Waals surface area contributed by atoms with Gasteiger partial charge in [0.15, 0.2) is 12.6 Å². The van der Waals surface area contributed by atoms with E-state index in [9.17, 15) is 14.4 Å². The number of quaternary nitrogens is 1. The Morgan fingerprint density at radius 3 is 2.31 bits per heavy atom. The molecule has 2 rings (SSSR count). The van der Waals surface area contributed by atoms with E-state index in [1.54, 1.807) is 59.2 Å². The Balaban J connectivity index is 2.05. The van der Waals surface area contributed by atoms with Crippen LogP contribution in [0.2, 0.25) is 0 Å². The number of hydrogen-bond acceptors (Lipinski definition) is 5. The van der Waals surface area contributed by atoms with E-state index >= 15 is 0 Å². The minimum Gasteiger partial charge on any atom is -0.497 e. The van der Waals surface area contributed by atoms with Gasteiger partial charge in [-0.15, -0.1) is 0 Å². The highest BCUT2D eigenvalue weighted by Crippen LogP contribution is 2.20. The number of esters is 1. The Hall–Kier alpha value is -3.13. The number of rotatable bonds is 8. The summed E-state index contributed by atoms with van der Waals surface area (Å²) >= 11 is 0.